The Kier molecular flexibility index (Phi) is 6.61. The van der Waals surface area contributed by atoms with E-state index in [1.807, 2.05) is 31.2 Å². The van der Waals surface area contributed by atoms with E-state index in [9.17, 15) is 9.18 Å². The molecule has 0 spiro atoms. The van der Waals surface area contributed by atoms with Crippen molar-refractivity contribution in [2.24, 2.45) is 0 Å². The molecule has 4 nitrogen and oxygen atoms in total. The van der Waals surface area contributed by atoms with Crippen molar-refractivity contribution in [3.63, 3.8) is 0 Å². The highest BCUT2D eigenvalue weighted by molar-refractivity contribution is 8.00. The Hall–Kier alpha value is -2.21. The molecular formula is C21H25FN2O2S. The van der Waals surface area contributed by atoms with E-state index in [4.69, 9.17) is 4.74 Å². The SMILES string of the molecule is COc1ccc(SC(C)C(=O)Nc2cc(F)ccc2N2CCCCC2)cc1. The van der Waals surface area contributed by atoms with Crippen molar-refractivity contribution >= 4 is 29.0 Å². The van der Waals surface area contributed by atoms with E-state index >= 15 is 0 Å². The molecule has 3 rings (SSSR count). The summed E-state index contributed by atoms with van der Waals surface area (Å²) >= 11 is 1.46. The minimum absolute atomic E-state index is 0.139. The van der Waals surface area contributed by atoms with Crippen molar-refractivity contribution in [2.75, 3.05) is 30.4 Å². The van der Waals surface area contributed by atoms with E-state index in [0.29, 0.717) is 5.69 Å². The number of carbonyl (C=O) groups is 1. The van der Waals surface area contributed by atoms with Gasteiger partial charge in [-0.05, 0) is 68.7 Å². The van der Waals surface area contributed by atoms with Crippen molar-refractivity contribution in [1.82, 2.24) is 0 Å². The van der Waals surface area contributed by atoms with Crippen LogP contribution in [0.2, 0.25) is 0 Å². The predicted octanol–water partition coefficient (Wildman–Crippen LogP) is 4.94. The number of hydrogen-bond acceptors (Lipinski definition) is 4. The highest BCUT2D eigenvalue weighted by atomic mass is 32.2. The first-order valence-electron chi connectivity index (χ1n) is 9.23. The van der Waals surface area contributed by atoms with E-state index in [0.717, 1.165) is 42.3 Å². The summed E-state index contributed by atoms with van der Waals surface area (Å²) in [6.45, 7) is 3.72. The summed E-state index contributed by atoms with van der Waals surface area (Å²) in [6.07, 6.45) is 3.46. The Bertz CT molecular complexity index is 776. The van der Waals surface area contributed by atoms with Crippen LogP contribution >= 0.6 is 11.8 Å². The zero-order chi connectivity index (χ0) is 19.2. The Morgan fingerprint density at radius 3 is 2.52 bits per heavy atom. The van der Waals surface area contributed by atoms with Crippen LogP contribution in [0.1, 0.15) is 26.2 Å². The van der Waals surface area contributed by atoms with Gasteiger partial charge in [0, 0.05) is 18.0 Å². The second kappa shape index (κ2) is 9.13. The first-order chi connectivity index (χ1) is 13.1. The molecule has 1 saturated heterocycles. The summed E-state index contributed by atoms with van der Waals surface area (Å²) in [5.74, 6) is 0.295. The fraction of sp³-hybridized carbons (Fsp3) is 0.381. The number of methoxy groups -OCH3 is 1. The van der Waals surface area contributed by atoms with Crippen molar-refractivity contribution in [3.05, 3.63) is 48.3 Å². The van der Waals surface area contributed by atoms with Crippen LogP contribution in [0.5, 0.6) is 5.75 Å². The number of piperidine rings is 1. The highest BCUT2D eigenvalue weighted by Gasteiger charge is 2.20. The van der Waals surface area contributed by atoms with Crippen molar-refractivity contribution in [1.29, 1.82) is 0 Å². The molecule has 1 aliphatic heterocycles. The number of rotatable bonds is 6. The van der Waals surface area contributed by atoms with Gasteiger partial charge in [0.15, 0.2) is 0 Å². The van der Waals surface area contributed by atoms with Crippen LogP contribution < -0.4 is 15.0 Å². The van der Waals surface area contributed by atoms with E-state index in [2.05, 4.69) is 10.2 Å². The molecule has 1 heterocycles. The molecule has 0 radical (unpaired) electrons. The van der Waals surface area contributed by atoms with E-state index in [-0.39, 0.29) is 17.0 Å². The Labute approximate surface area is 164 Å². The average Bonchev–Trinajstić information content (AvgIpc) is 2.69. The molecule has 2 aromatic rings. The lowest BCUT2D eigenvalue weighted by molar-refractivity contribution is -0.115. The van der Waals surface area contributed by atoms with Gasteiger partial charge in [0.2, 0.25) is 5.91 Å². The number of thioether (sulfide) groups is 1. The first-order valence-corrected chi connectivity index (χ1v) is 10.1. The molecular weight excluding hydrogens is 363 g/mol. The van der Waals surface area contributed by atoms with Gasteiger partial charge < -0.3 is 15.0 Å². The van der Waals surface area contributed by atoms with Gasteiger partial charge in [-0.3, -0.25) is 4.79 Å². The normalized spacial score (nSPS) is 15.3. The monoisotopic (exact) mass is 388 g/mol. The maximum atomic E-state index is 13.8. The molecule has 1 N–H and O–H groups in total. The summed E-state index contributed by atoms with van der Waals surface area (Å²) < 4.78 is 19.0. The quantitative estimate of drug-likeness (QED) is 0.712. The third kappa shape index (κ3) is 5.16. The van der Waals surface area contributed by atoms with Crippen LogP contribution in [0, 0.1) is 5.82 Å². The zero-order valence-electron chi connectivity index (χ0n) is 15.7. The zero-order valence-corrected chi connectivity index (χ0v) is 16.5. The standard InChI is InChI=1S/C21H25FN2O2S/c1-15(27-18-9-7-17(26-2)8-10-18)21(25)23-19-14-16(22)6-11-20(19)24-12-4-3-5-13-24/h6-11,14-15H,3-5,12-13H2,1-2H3,(H,23,25). The average molecular weight is 389 g/mol. The van der Waals surface area contributed by atoms with Crippen LogP contribution in [-0.4, -0.2) is 31.4 Å². The Balaban J connectivity index is 1.69. The topological polar surface area (TPSA) is 41.6 Å². The van der Waals surface area contributed by atoms with Gasteiger partial charge in [0.1, 0.15) is 11.6 Å². The molecule has 144 valence electrons. The van der Waals surface area contributed by atoms with Gasteiger partial charge in [0.05, 0.1) is 23.7 Å². The molecule has 27 heavy (non-hydrogen) atoms. The van der Waals surface area contributed by atoms with Crippen LogP contribution in [0.25, 0.3) is 0 Å². The fourth-order valence-electron chi connectivity index (χ4n) is 3.17. The number of halogens is 1. The fourth-order valence-corrected chi connectivity index (χ4v) is 4.03. The van der Waals surface area contributed by atoms with Crippen molar-refractivity contribution in [3.8, 4) is 5.75 Å². The van der Waals surface area contributed by atoms with E-state index in [1.54, 1.807) is 13.2 Å². The van der Waals surface area contributed by atoms with Gasteiger partial charge >= 0.3 is 0 Å². The number of hydrogen-bond donors (Lipinski definition) is 1. The highest BCUT2D eigenvalue weighted by Crippen LogP contribution is 2.31. The summed E-state index contributed by atoms with van der Waals surface area (Å²) in [4.78, 5) is 15.9. The molecule has 1 aliphatic rings. The maximum Gasteiger partial charge on any atom is 0.237 e. The van der Waals surface area contributed by atoms with Crippen LogP contribution in [0.4, 0.5) is 15.8 Å². The summed E-state index contributed by atoms with van der Waals surface area (Å²) in [5.41, 5.74) is 1.44. The number of anilines is 2. The third-order valence-corrected chi connectivity index (χ3v) is 5.77. The number of ether oxygens (including phenoxy) is 1. The minimum atomic E-state index is -0.346. The van der Waals surface area contributed by atoms with E-state index in [1.165, 1.54) is 30.3 Å². The minimum Gasteiger partial charge on any atom is -0.497 e. The van der Waals surface area contributed by atoms with Gasteiger partial charge in [-0.15, -0.1) is 11.8 Å². The molecule has 1 atom stereocenters. The van der Waals surface area contributed by atoms with Gasteiger partial charge in [0.25, 0.3) is 0 Å². The smallest absolute Gasteiger partial charge is 0.237 e. The third-order valence-electron chi connectivity index (χ3n) is 4.65. The second-order valence-electron chi connectivity index (χ2n) is 6.63. The number of nitrogens with one attached hydrogen (secondary N) is 1. The molecule has 1 unspecified atom stereocenters. The van der Waals surface area contributed by atoms with Crippen LogP contribution in [0.3, 0.4) is 0 Å². The number of benzene rings is 2. The summed E-state index contributed by atoms with van der Waals surface area (Å²) in [6, 6.07) is 12.2. The molecule has 0 saturated carbocycles. The van der Waals surface area contributed by atoms with Gasteiger partial charge in [-0.1, -0.05) is 0 Å². The lowest BCUT2D eigenvalue weighted by atomic mass is 10.1. The van der Waals surface area contributed by atoms with E-state index < -0.39 is 0 Å². The molecule has 0 aromatic heterocycles. The summed E-state index contributed by atoms with van der Waals surface area (Å²) in [5, 5.41) is 2.62. The largest absolute Gasteiger partial charge is 0.497 e. The molecule has 1 fully saturated rings. The Morgan fingerprint density at radius 1 is 1.15 bits per heavy atom. The lowest BCUT2D eigenvalue weighted by Crippen LogP contribution is -2.31. The first kappa shape index (κ1) is 19.5. The van der Waals surface area contributed by atoms with Crippen LogP contribution in [-0.2, 0) is 4.79 Å². The Morgan fingerprint density at radius 2 is 1.85 bits per heavy atom. The van der Waals surface area contributed by atoms with Crippen LogP contribution in [0.15, 0.2) is 47.4 Å². The molecule has 6 heteroatoms. The van der Waals surface area contributed by atoms with Gasteiger partial charge in [-0.2, -0.15) is 0 Å². The number of amides is 1. The second-order valence-corrected chi connectivity index (χ2v) is 8.05. The molecule has 0 aliphatic carbocycles. The summed E-state index contributed by atoms with van der Waals surface area (Å²) in [7, 11) is 1.62. The number of nitrogens with zero attached hydrogens (tertiary/aromatic N) is 1. The molecule has 1 amide bonds. The van der Waals surface area contributed by atoms with Crippen molar-refractivity contribution < 1.29 is 13.9 Å². The maximum absolute atomic E-state index is 13.8. The van der Waals surface area contributed by atoms with Gasteiger partial charge in [-0.25, -0.2) is 4.39 Å². The number of carbonyl (C=O) groups excluding carboxylic acids is 1. The predicted molar refractivity (Wildman–Crippen MR) is 109 cm³/mol. The molecule has 0 bridgehead atoms. The molecule has 2 aromatic carbocycles. The lowest BCUT2D eigenvalue weighted by Gasteiger charge is -2.30. The van der Waals surface area contributed by atoms with Crippen molar-refractivity contribution in [2.45, 2.75) is 36.3 Å².